The largest absolute Gasteiger partial charge is 0.503 e. The molecular formula is C12H9F2N3O3. The van der Waals surface area contributed by atoms with Gasteiger partial charge in [0.1, 0.15) is 11.6 Å². The molecule has 0 bridgehead atoms. The van der Waals surface area contributed by atoms with E-state index in [9.17, 15) is 18.7 Å². The summed E-state index contributed by atoms with van der Waals surface area (Å²) in [5, 5.41) is 18.3. The monoisotopic (exact) mass is 281 g/mol. The number of benzene rings is 1. The van der Waals surface area contributed by atoms with Crippen molar-refractivity contribution < 1.29 is 23.8 Å². The number of carbonyl (C=O) groups is 1. The number of nitrogens with zero attached hydrogens (tertiary/aromatic N) is 2. The Morgan fingerprint density at radius 3 is 2.50 bits per heavy atom. The van der Waals surface area contributed by atoms with Crippen molar-refractivity contribution in [1.29, 1.82) is 0 Å². The summed E-state index contributed by atoms with van der Waals surface area (Å²) in [6.45, 7) is 1.37. The van der Waals surface area contributed by atoms with Crippen molar-refractivity contribution in [2.45, 2.75) is 6.92 Å². The molecule has 20 heavy (non-hydrogen) atoms. The normalized spacial score (nSPS) is 10.6. The van der Waals surface area contributed by atoms with Gasteiger partial charge in [-0.3, -0.25) is 0 Å². The van der Waals surface area contributed by atoms with Crippen molar-refractivity contribution in [2.75, 3.05) is 5.73 Å². The first-order valence-electron chi connectivity index (χ1n) is 5.37. The van der Waals surface area contributed by atoms with Crippen LogP contribution < -0.4 is 5.73 Å². The molecule has 0 aliphatic carbocycles. The number of halogens is 2. The van der Waals surface area contributed by atoms with Gasteiger partial charge < -0.3 is 15.9 Å². The van der Waals surface area contributed by atoms with Gasteiger partial charge in [0.15, 0.2) is 23.1 Å². The smallest absolute Gasteiger partial charge is 0.358 e. The Labute approximate surface area is 111 Å². The van der Waals surface area contributed by atoms with Crippen LogP contribution in [0.15, 0.2) is 12.1 Å². The third-order valence-corrected chi connectivity index (χ3v) is 2.60. The summed E-state index contributed by atoms with van der Waals surface area (Å²) in [7, 11) is 0. The second-order valence-corrected chi connectivity index (χ2v) is 4.02. The second kappa shape index (κ2) is 4.72. The van der Waals surface area contributed by atoms with Crippen LogP contribution in [0.1, 0.15) is 16.1 Å². The number of nitrogens with two attached hydrogens (primary N) is 1. The highest BCUT2D eigenvalue weighted by molar-refractivity contribution is 5.90. The first-order valence-corrected chi connectivity index (χ1v) is 5.37. The summed E-state index contributed by atoms with van der Waals surface area (Å²) in [4.78, 5) is 17.9. The minimum absolute atomic E-state index is 0.0801. The molecule has 1 heterocycles. The number of aryl methyl sites for hydroxylation is 1. The summed E-state index contributed by atoms with van der Waals surface area (Å²) in [5.74, 6) is -4.87. The lowest BCUT2D eigenvalue weighted by atomic mass is 10.1. The van der Waals surface area contributed by atoms with Gasteiger partial charge in [0.05, 0.1) is 5.56 Å². The molecule has 0 spiro atoms. The zero-order valence-corrected chi connectivity index (χ0v) is 10.2. The van der Waals surface area contributed by atoms with Crippen LogP contribution in [0.4, 0.5) is 14.6 Å². The van der Waals surface area contributed by atoms with Crippen LogP contribution in [0.3, 0.4) is 0 Å². The number of rotatable bonds is 2. The Balaban J connectivity index is 2.71. The number of aromatic carboxylic acids is 1. The number of carboxylic acids is 1. The average molecular weight is 281 g/mol. The van der Waals surface area contributed by atoms with Crippen LogP contribution in [0.5, 0.6) is 5.75 Å². The number of nitrogen functional groups attached to an aromatic ring is 1. The Hall–Kier alpha value is -2.77. The lowest BCUT2D eigenvalue weighted by molar-refractivity contribution is 0.0687. The van der Waals surface area contributed by atoms with Gasteiger partial charge in [-0.05, 0) is 24.6 Å². The van der Waals surface area contributed by atoms with Crippen molar-refractivity contribution in [2.24, 2.45) is 0 Å². The molecule has 6 nitrogen and oxygen atoms in total. The Morgan fingerprint density at radius 2 is 1.90 bits per heavy atom. The molecule has 0 saturated carbocycles. The lowest BCUT2D eigenvalue weighted by Gasteiger charge is -2.08. The lowest BCUT2D eigenvalue weighted by Crippen LogP contribution is -2.07. The Kier molecular flexibility index (Phi) is 3.23. The molecule has 1 aromatic carbocycles. The molecule has 0 aliphatic heterocycles. The van der Waals surface area contributed by atoms with Gasteiger partial charge in [-0.25, -0.2) is 23.5 Å². The van der Waals surface area contributed by atoms with Gasteiger partial charge in [-0.1, -0.05) is 0 Å². The first kappa shape index (κ1) is 13.7. The van der Waals surface area contributed by atoms with E-state index in [0.717, 1.165) is 12.1 Å². The number of aromatic hydroxyl groups is 1. The highest BCUT2D eigenvalue weighted by Gasteiger charge is 2.20. The minimum Gasteiger partial charge on any atom is -0.503 e. The highest BCUT2D eigenvalue weighted by Crippen LogP contribution is 2.28. The van der Waals surface area contributed by atoms with E-state index in [1.807, 2.05) is 0 Å². The van der Waals surface area contributed by atoms with Crippen LogP contribution in [-0.2, 0) is 0 Å². The van der Waals surface area contributed by atoms with Crippen LogP contribution in [0.2, 0.25) is 0 Å². The van der Waals surface area contributed by atoms with Crippen LogP contribution in [-0.4, -0.2) is 26.2 Å². The van der Waals surface area contributed by atoms with Gasteiger partial charge in [-0.2, -0.15) is 0 Å². The van der Waals surface area contributed by atoms with Gasteiger partial charge in [0, 0.05) is 0 Å². The maximum Gasteiger partial charge on any atom is 0.358 e. The summed E-state index contributed by atoms with van der Waals surface area (Å²) < 4.78 is 27.2. The molecular weight excluding hydrogens is 272 g/mol. The minimum atomic E-state index is -1.56. The maximum absolute atomic E-state index is 13.8. The van der Waals surface area contributed by atoms with E-state index < -0.39 is 40.7 Å². The van der Waals surface area contributed by atoms with Crippen molar-refractivity contribution in [3.8, 4) is 17.1 Å². The molecule has 0 aliphatic rings. The molecule has 2 aromatic rings. The molecule has 2 rings (SSSR count). The van der Waals surface area contributed by atoms with E-state index in [1.165, 1.54) is 6.92 Å². The molecule has 0 atom stereocenters. The van der Waals surface area contributed by atoms with Gasteiger partial charge >= 0.3 is 5.97 Å². The fourth-order valence-electron chi connectivity index (χ4n) is 1.56. The molecule has 0 fully saturated rings. The topological polar surface area (TPSA) is 109 Å². The quantitative estimate of drug-likeness (QED) is 0.773. The molecule has 0 amide bonds. The first-order chi connectivity index (χ1) is 9.31. The van der Waals surface area contributed by atoms with Crippen LogP contribution in [0, 0.1) is 18.6 Å². The van der Waals surface area contributed by atoms with Crippen molar-refractivity contribution in [1.82, 2.24) is 9.97 Å². The van der Waals surface area contributed by atoms with Gasteiger partial charge in [-0.15, -0.1) is 0 Å². The van der Waals surface area contributed by atoms with Crippen LogP contribution in [0.25, 0.3) is 11.4 Å². The second-order valence-electron chi connectivity index (χ2n) is 4.02. The van der Waals surface area contributed by atoms with Gasteiger partial charge in [0.2, 0.25) is 0 Å². The van der Waals surface area contributed by atoms with E-state index in [-0.39, 0.29) is 11.1 Å². The molecule has 8 heteroatoms. The molecule has 0 unspecified atom stereocenters. The third-order valence-electron chi connectivity index (χ3n) is 2.60. The number of aromatic nitrogens is 2. The van der Waals surface area contributed by atoms with E-state index in [1.54, 1.807) is 0 Å². The zero-order chi connectivity index (χ0) is 15.0. The number of hydrogen-bond acceptors (Lipinski definition) is 5. The average Bonchev–Trinajstić information content (AvgIpc) is 2.36. The van der Waals surface area contributed by atoms with E-state index in [4.69, 9.17) is 10.8 Å². The summed E-state index contributed by atoms with van der Waals surface area (Å²) in [6.07, 6.45) is 0. The van der Waals surface area contributed by atoms with E-state index in [0.29, 0.717) is 0 Å². The Bertz CT molecular complexity index is 720. The third kappa shape index (κ3) is 2.22. The number of anilines is 1. The van der Waals surface area contributed by atoms with Crippen molar-refractivity contribution >= 4 is 11.8 Å². The zero-order valence-electron chi connectivity index (χ0n) is 10.2. The Morgan fingerprint density at radius 1 is 1.25 bits per heavy atom. The summed E-state index contributed by atoms with van der Waals surface area (Å²) >= 11 is 0. The molecule has 1 aromatic heterocycles. The van der Waals surface area contributed by atoms with Crippen LogP contribution >= 0.6 is 0 Å². The number of hydrogen-bond donors (Lipinski definition) is 3. The van der Waals surface area contributed by atoms with Crippen molar-refractivity contribution in [3.05, 3.63) is 35.0 Å². The predicted octanol–water partition coefficient (Wildman–Crippen LogP) is 1.72. The van der Waals surface area contributed by atoms with E-state index in [2.05, 4.69) is 9.97 Å². The fraction of sp³-hybridized carbons (Fsp3) is 0.0833. The SMILES string of the molecule is Cc1cc(F)c(-c2nc(N)c(O)c(C(=O)O)n2)cc1F. The molecule has 0 radical (unpaired) electrons. The number of carboxylic acid groups (broad SMARTS) is 1. The molecule has 4 N–H and O–H groups in total. The fourth-order valence-corrected chi connectivity index (χ4v) is 1.56. The van der Waals surface area contributed by atoms with E-state index >= 15 is 0 Å². The molecule has 0 saturated heterocycles. The predicted molar refractivity (Wildman–Crippen MR) is 65.2 cm³/mol. The summed E-state index contributed by atoms with van der Waals surface area (Å²) in [6, 6.07) is 1.76. The van der Waals surface area contributed by atoms with Crippen molar-refractivity contribution in [3.63, 3.8) is 0 Å². The maximum atomic E-state index is 13.8. The summed E-state index contributed by atoms with van der Waals surface area (Å²) in [5.41, 5.74) is 4.28. The standard InChI is InChI=1S/C12H9F2N3O3/c1-4-2-7(14)5(3-6(4)13)11-16-8(12(19)20)9(18)10(15)17-11/h2-3,18H,1H3,(H,19,20)(H2,15,16,17). The highest BCUT2D eigenvalue weighted by atomic mass is 19.1. The molecule has 104 valence electrons. The van der Waals surface area contributed by atoms with Gasteiger partial charge in [0.25, 0.3) is 0 Å².